The molecule has 0 fully saturated rings. The monoisotopic (exact) mass is 208 g/mol. The standard InChI is InChI=1S/C11H16N2O2/c1-8-9(5-7-14-8)11(13-12)10-4-2-3-6-15-10/h4-5,7,11,13H,2-3,6,12H2,1H3. The summed E-state index contributed by atoms with van der Waals surface area (Å²) < 4.78 is 10.8. The van der Waals surface area contributed by atoms with Crippen molar-refractivity contribution in [2.45, 2.75) is 25.8 Å². The summed E-state index contributed by atoms with van der Waals surface area (Å²) in [4.78, 5) is 0. The fourth-order valence-electron chi connectivity index (χ4n) is 1.80. The lowest BCUT2D eigenvalue weighted by Gasteiger charge is -2.22. The van der Waals surface area contributed by atoms with Crippen molar-refractivity contribution in [3.63, 3.8) is 0 Å². The summed E-state index contributed by atoms with van der Waals surface area (Å²) in [7, 11) is 0. The lowest BCUT2D eigenvalue weighted by Crippen LogP contribution is -2.31. The molecule has 0 saturated carbocycles. The van der Waals surface area contributed by atoms with Crippen LogP contribution in [0.25, 0.3) is 0 Å². The van der Waals surface area contributed by atoms with Gasteiger partial charge in [0.15, 0.2) is 0 Å². The molecule has 0 amide bonds. The number of aryl methyl sites for hydroxylation is 1. The third kappa shape index (κ3) is 2.06. The van der Waals surface area contributed by atoms with Gasteiger partial charge in [0, 0.05) is 5.56 Å². The van der Waals surface area contributed by atoms with Crippen LogP contribution in [0, 0.1) is 6.92 Å². The highest BCUT2D eigenvalue weighted by Gasteiger charge is 2.21. The second-order valence-electron chi connectivity index (χ2n) is 3.63. The second kappa shape index (κ2) is 4.51. The number of hydrogen-bond acceptors (Lipinski definition) is 4. The summed E-state index contributed by atoms with van der Waals surface area (Å²) in [6.45, 7) is 2.68. The van der Waals surface area contributed by atoms with Crippen molar-refractivity contribution < 1.29 is 9.15 Å². The van der Waals surface area contributed by atoms with Gasteiger partial charge >= 0.3 is 0 Å². The quantitative estimate of drug-likeness (QED) is 0.587. The molecular weight excluding hydrogens is 192 g/mol. The summed E-state index contributed by atoms with van der Waals surface area (Å²) in [5.74, 6) is 7.32. The number of furan rings is 1. The Morgan fingerprint density at radius 2 is 2.40 bits per heavy atom. The highest BCUT2D eigenvalue weighted by atomic mass is 16.5. The molecule has 0 spiro atoms. The fraction of sp³-hybridized carbons (Fsp3) is 0.455. The molecule has 0 aromatic carbocycles. The topological polar surface area (TPSA) is 60.4 Å². The maximum absolute atomic E-state index is 5.59. The average molecular weight is 208 g/mol. The Balaban J connectivity index is 2.24. The predicted octanol–water partition coefficient (Wildman–Crippen LogP) is 1.79. The summed E-state index contributed by atoms with van der Waals surface area (Å²) in [5, 5.41) is 0. The van der Waals surface area contributed by atoms with Crippen LogP contribution >= 0.6 is 0 Å². The molecule has 0 saturated heterocycles. The van der Waals surface area contributed by atoms with Gasteiger partial charge in [-0.25, -0.2) is 5.43 Å². The van der Waals surface area contributed by atoms with Crippen molar-refractivity contribution >= 4 is 0 Å². The zero-order chi connectivity index (χ0) is 10.7. The molecule has 0 radical (unpaired) electrons. The predicted molar refractivity (Wildman–Crippen MR) is 56.8 cm³/mol. The van der Waals surface area contributed by atoms with Gasteiger partial charge in [0.25, 0.3) is 0 Å². The van der Waals surface area contributed by atoms with Gasteiger partial charge in [-0.15, -0.1) is 0 Å². The molecule has 1 unspecified atom stereocenters. The van der Waals surface area contributed by atoms with E-state index in [0.29, 0.717) is 0 Å². The van der Waals surface area contributed by atoms with E-state index in [2.05, 4.69) is 11.5 Å². The van der Waals surface area contributed by atoms with E-state index in [1.807, 2.05) is 13.0 Å². The zero-order valence-electron chi connectivity index (χ0n) is 8.82. The van der Waals surface area contributed by atoms with Crippen LogP contribution in [0.1, 0.15) is 30.2 Å². The van der Waals surface area contributed by atoms with Gasteiger partial charge in [-0.2, -0.15) is 0 Å². The molecule has 4 nitrogen and oxygen atoms in total. The minimum atomic E-state index is -0.0935. The normalized spacial score (nSPS) is 18.1. The van der Waals surface area contributed by atoms with Crippen LogP contribution < -0.4 is 11.3 Å². The molecule has 2 rings (SSSR count). The number of rotatable bonds is 3. The van der Waals surface area contributed by atoms with Gasteiger partial charge in [0.1, 0.15) is 17.6 Å². The van der Waals surface area contributed by atoms with E-state index in [1.165, 1.54) is 0 Å². The Bertz CT molecular complexity index is 357. The molecule has 1 aromatic rings. The number of allylic oxidation sites excluding steroid dienone is 1. The highest BCUT2D eigenvalue weighted by molar-refractivity contribution is 5.27. The van der Waals surface area contributed by atoms with Gasteiger partial charge < -0.3 is 9.15 Å². The van der Waals surface area contributed by atoms with Crippen LogP contribution in [0.3, 0.4) is 0 Å². The molecule has 2 heterocycles. The lowest BCUT2D eigenvalue weighted by atomic mass is 10.0. The van der Waals surface area contributed by atoms with Crippen molar-refractivity contribution in [2.24, 2.45) is 5.84 Å². The molecule has 15 heavy (non-hydrogen) atoms. The summed E-state index contributed by atoms with van der Waals surface area (Å²) in [6, 6.07) is 1.82. The molecule has 3 N–H and O–H groups in total. The van der Waals surface area contributed by atoms with E-state index in [0.717, 1.165) is 36.5 Å². The van der Waals surface area contributed by atoms with Gasteiger partial charge in [-0.1, -0.05) is 0 Å². The van der Waals surface area contributed by atoms with E-state index in [1.54, 1.807) is 6.26 Å². The van der Waals surface area contributed by atoms with Crippen molar-refractivity contribution in [3.05, 3.63) is 35.5 Å². The Morgan fingerprint density at radius 3 is 2.93 bits per heavy atom. The van der Waals surface area contributed by atoms with Gasteiger partial charge in [0.05, 0.1) is 12.9 Å². The third-order valence-electron chi connectivity index (χ3n) is 2.62. The fourth-order valence-corrected chi connectivity index (χ4v) is 1.80. The average Bonchev–Trinajstić information content (AvgIpc) is 2.68. The van der Waals surface area contributed by atoms with Crippen LogP contribution in [0.5, 0.6) is 0 Å². The molecular formula is C11H16N2O2. The summed E-state index contributed by atoms with van der Waals surface area (Å²) in [6.07, 6.45) is 5.87. The number of ether oxygens (including phenoxy) is 1. The first-order valence-corrected chi connectivity index (χ1v) is 5.16. The summed E-state index contributed by atoms with van der Waals surface area (Å²) >= 11 is 0. The maximum Gasteiger partial charge on any atom is 0.115 e. The van der Waals surface area contributed by atoms with E-state index >= 15 is 0 Å². The zero-order valence-corrected chi connectivity index (χ0v) is 8.82. The Hall–Kier alpha value is -1.26. The van der Waals surface area contributed by atoms with Crippen molar-refractivity contribution in [3.8, 4) is 0 Å². The summed E-state index contributed by atoms with van der Waals surface area (Å²) in [5.41, 5.74) is 3.79. The SMILES string of the molecule is Cc1occc1C(NN)C1=CCCCO1. The van der Waals surface area contributed by atoms with Crippen LogP contribution in [0.2, 0.25) is 0 Å². The number of hydrazine groups is 1. The van der Waals surface area contributed by atoms with Crippen molar-refractivity contribution in [2.75, 3.05) is 6.61 Å². The van der Waals surface area contributed by atoms with E-state index in [-0.39, 0.29) is 6.04 Å². The third-order valence-corrected chi connectivity index (χ3v) is 2.62. The van der Waals surface area contributed by atoms with Crippen LogP contribution in [0.15, 0.2) is 28.6 Å². The molecule has 1 aliphatic rings. The Kier molecular flexibility index (Phi) is 3.08. The molecule has 4 heteroatoms. The van der Waals surface area contributed by atoms with Gasteiger partial charge in [-0.3, -0.25) is 5.84 Å². The number of nitrogens with two attached hydrogens (primary N) is 1. The first-order valence-electron chi connectivity index (χ1n) is 5.16. The minimum Gasteiger partial charge on any atom is -0.496 e. The first kappa shape index (κ1) is 10.3. The van der Waals surface area contributed by atoms with Crippen molar-refractivity contribution in [1.29, 1.82) is 0 Å². The maximum atomic E-state index is 5.59. The van der Waals surface area contributed by atoms with Gasteiger partial charge in [0.2, 0.25) is 0 Å². The number of hydrogen-bond donors (Lipinski definition) is 2. The van der Waals surface area contributed by atoms with Gasteiger partial charge in [-0.05, 0) is 31.9 Å². The van der Waals surface area contributed by atoms with E-state index < -0.39 is 0 Å². The minimum absolute atomic E-state index is 0.0935. The van der Waals surface area contributed by atoms with E-state index in [4.69, 9.17) is 15.0 Å². The van der Waals surface area contributed by atoms with Crippen LogP contribution in [-0.4, -0.2) is 6.61 Å². The largest absolute Gasteiger partial charge is 0.496 e. The van der Waals surface area contributed by atoms with E-state index in [9.17, 15) is 0 Å². The molecule has 1 atom stereocenters. The highest BCUT2D eigenvalue weighted by Crippen LogP contribution is 2.27. The van der Waals surface area contributed by atoms with Crippen LogP contribution in [0.4, 0.5) is 0 Å². The number of nitrogens with one attached hydrogen (secondary N) is 1. The first-order chi connectivity index (χ1) is 7.33. The van der Waals surface area contributed by atoms with Crippen LogP contribution in [-0.2, 0) is 4.74 Å². The molecule has 0 aliphatic carbocycles. The second-order valence-corrected chi connectivity index (χ2v) is 3.63. The molecule has 82 valence electrons. The molecule has 1 aliphatic heterocycles. The molecule has 0 bridgehead atoms. The Morgan fingerprint density at radius 1 is 1.53 bits per heavy atom. The molecule has 1 aromatic heterocycles. The lowest BCUT2D eigenvalue weighted by molar-refractivity contribution is 0.167. The Labute approximate surface area is 89.1 Å². The smallest absolute Gasteiger partial charge is 0.115 e. The van der Waals surface area contributed by atoms with Crippen molar-refractivity contribution in [1.82, 2.24) is 5.43 Å².